The first-order valence-electron chi connectivity index (χ1n) is 8.44. The van der Waals surface area contributed by atoms with Crippen LogP contribution in [0, 0.1) is 60.7 Å². The van der Waals surface area contributed by atoms with Crippen molar-refractivity contribution in [2.45, 2.75) is 23.8 Å². The summed E-state index contributed by atoms with van der Waals surface area (Å²) in [5.41, 5.74) is -15.7. The molecule has 0 amide bonds. The van der Waals surface area contributed by atoms with Crippen LogP contribution in [-0.2, 0) is 11.2 Å². The number of hydrogen-bond donors (Lipinski definition) is 0. The van der Waals surface area contributed by atoms with Gasteiger partial charge in [0.25, 0.3) is 6.04 Å². The van der Waals surface area contributed by atoms with E-state index in [9.17, 15) is 60.7 Å². The molecule has 1 aliphatic heterocycles. The van der Waals surface area contributed by atoms with Crippen LogP contribution in [0.5, 0.6) is 0 Å². The minimum atomic E-state index is -3.80. The van der Waals surface area contributed by atoms with E-state index in [1.54, 1.807) is 0 Å². The highest BCUT2D eigenvalue weighted by atomic mass is 16.8. The molecule has 33 heavy (non-hydrogen) atoms. The van der Waals surface area contributed by atoms with Crippen molar-refractivity contribution in [3.63, 3.8) is 0 Å². The van der Waals surface area contributed by atoms with Crippen molar-refractivity contribution in [1.29, 1.82) is 0 Å². The molecule has 3 atom stereocenters. The van der Waals surface area contributed by atoms with Crippen LogP contribution >= 0.6 is 0 Å². The van der Waals surface area contributed by atoms with Crippen molar-refractivity contribution in [3.8, 4) is 0 Å². The van der Waals surface area contributed by atoms with Gasteiger partial charge in [0.2, 0.25) is 0 Å². The quantitative estimate of drug-likeness (QED) is 0.265. The Balaban J connectivity index is 2.48. The Morgan fingerprint density at radius 2 is 1.21 bits per heavy atom. The van der Waals surface area contributed by atoms with Gasteiger partial charge in [-0.15, -0.1) is 0 Å². The second-order valence-electron chi connectivity index (χ2n) is 6.65. The highest BCUT2D eigenvalue weighted by molar-refractivity contribution is 5.49. The highest BCUT2D eigenvalue weighted by Gasteiger charge is 3.04. The van der Waals surface area contributed by atoms with Gasteiger partial charge in [0.1, 0.15) is 0 Å². The molecule has 0 bridgehead atoms. The minimum absolute atomic E-state index is 0.0679. The van der Waals surface area contributed by atoms with Crippen molar-refractivity contribution in [2.24, 2.45) is 0 Å². The maximum absolute atomic E-state index is 11.9. The summed E-state index contributed by atoms with van der Waals surface area (Å²) in [6, 6.07) is 4.27. The Morgan fingerprint density at radius 1 is 0.727 bits per heavy atom. The molecule has 1 fully saturated rings. The fourth-order valence-electron chi connectivity index (χ4n) is 3.89. The number of nitro groups is 6. The topological polar surface area (TPSA) is 271 Å². The molecule has 0 saturated carbocycles. The van der Waals surface area contributed by atoms with E-state index in [-0.39, 0.29) is 5.56 Å². The normalized spacial score (nSPS) is 24.5. The second kappa shape index (κ2) is 7.33. The Morgan fingerprint density at radius 3 is 1.61 bits per heavy atom. The lowest BCUT2D eigenvalue weighted by Gasteiger charge is -2.17. The van der Waals surface area contributed by atoms with Crippen LogP contribution in [0.4, 0.5) is 0 Å². The summed E-state index contributed by atoms with van der Waals surface area (Å²) in [4.78, 5) is 60.4. The monoisotopic (exact) mass is 468 g/mol. The van der Waals surface area contributed by atoms with E-state index in [1.807, 2.05) is 0 Å². The van der Waals surface area contributed by atoms with Crippen LogP contribution < -0.4 is 0 Å². The van der Waals surface area contributed by atoms with Crippen LogP contribution in [0.25, 0.3) is 0 Å². The van der Waals surface area contributed by atoms with Crippen molar-refractivity contribution < 1.29 is 34.3 Å². The van der Waals surface area contributed by atoms with Gasteiger partial charge in [-0.3, -0.25) is 65.4 Å². The molecule has 172 valence electrons. The van der Waals surface area contributed by atoms with E-state index < -0.39 is 76.1 Å². The summed E-state index contributed by atoms with van der Waals surface area (Å²) in [6.45, 7) is 0. The average molecular weight is 468 g/mol. The maximum atomic E-state index is 11.9. The average Bonchev–Trinajstić information content (AvgIpc) is 3.41. The summed E-state index contributed by atoms with van der Waals surface area (Å²) < 4.78 is 4.77. The number of epoxide rings is 1. The van der Waals surface area contributed by atoms with Gasteiger partial charge in [0.15, 0.2) is 0 Å². The Hall–Kier alpha value is -4.94. The molecule has 3 rings (SSSR count). The standard InChI is InChI=1S/C14H8N6O13/c21-15(22)8(6-7-4-2-1-3-5-7)13-11(18(27)28)9(16(23)24)10(17(25)26)12(19(29)30)14(13,33-13)20(31)32/h1-5,8H,6H2. The first kappa shape index (κ1) is 22.7. The summed E-state index contributed by atoms with van der Waals surface area (Å²) in [7, 11) is 0. The van der Waals surface area contributed by atoms with Crippen molar-refractivity contribution in [3.05, 3.63) is 119 Å². The van der Waals surface area contributed by atoms with Gasteiger partial charge >= 0.3 is 34.1 Å². The number of hydrogen-bond acceptors (Lipinski definition) is 13. The first-order chi connectivity index (χ1) is 15.3. The van der Waals surface area contributed by atoms with E-state index in [2.05, 4.69) is 0 Å². The molecule has 0 spiro atoms. The molecule has 0 radical (unpaired) electrons. The van der Waals surface area contributed by atoms with Crippen LogP contribution in [-0.4, -0.2) is 46.9 Å². The SMILES string of the molecule is O=[N+]([O-])C1=C([N+](=O)[O-])C2(C(Cc3ccccc3)[N+](=O)[O-])OC2([N+](=O)[O-])C([N+](=O)[O-])=C1[N+](=O)[O-]. The molecule has 2 aliphatic rings. The highest BCUT2D eigenvalue weighted by Crippen LogP contribution is 2.64. The first-order valence-corrected chi connectivity index (χ1v) is 8.44. The molecule has 19 heteroatoms. The number of ether oxygens (including phenoxy) is 1. The van der Waals surface area contributed by atoms with Crippen molar-refractivity contribution >= 4 is 0 Å². The fourth-order valence-corrected chi connectivity index (χ4v) is 3.89. The number of rotatable bonds is 9. The molecule has 1 aromatic carbocycles. The van der Waals surface area contributed by atoms with Crippen molar-refractivity contribution in [2.75, 3.05) is 0 Å². The van der Waals surface area contributed by atoms with Gasteiger partial charge < -0.3 is 0 Å². The molecule has 1 heterocycles. The van der Waals surface area contributed by atoms with E-state index in [4.69, 9.17) is 4.74 Å². The molecule has 3 unspecified atom stereocenters. The largest absolute Gasteiger partial charge is 0.471 e. The molecule has 0 N–H and O–H groups in total. The molecular weight excluding hydrogens is 460 g/mol. The molecule has 1 aliphatic carbocycles. The lowest BCUT2D eigenvalue weighted by Crippen LogP contribution is -2.54. The molecule has 1 saturated heterocycles. The van der Waals surface area contributed by atoms with E-state index in [0.717, 1.165) is 0 Å². The predicted molar refractivity (Wildman–Crippen MR) is 96.5 cm³/mol. The van der Waals surface area contributed by atoms with Gasteiger partial charge in [0, 0.05) is 11.3 Å². The molecular formula is C14H8N6O13. The lowest BCUT2D eigenvalue weighted by atomic mass is 9.79. The number of nitrogens with zero attached hydrogens (tertiary/aromatic N) is 6. The van der Waals surface area contributed by atoms with Gasteiger partial charge in [-0.25, -0.2) is 0 Å². The Bertz CT molecular complexity index is 1210. The minimum Gasteiger partial charge on any atom is -0.267 e. The Labute approximate surface area is 178 Å². The zero-order valence-corrected chi connectivity index (χ0v) is 15.7. The van der Waals surface area contributed by atoms with Crippen LogP contribution in [0.2, 0.25) is 0 Å². The smallest absolute Gasteiger partial charge is 0.267 e. The van der Waals surface area contributed by atoms with E-state index >= 15 is 0 Å². The zero-order chi connectivity index (χ0) is 24.9. The predicted octanol–water partition coefficient (Wildman–Crippen LogP) is 0.160. The summed E-state index contributed by atoms with van der Waals surface area (Å²) in [5.74, 6) is 0. The summed E-state index contributed by atoms with van der Waals surface area (Å²) in [5, 5.41) is 70.3. The fraction of sp³-hybridized carbons (Fsp3) is 0.286. The lowest BCUT2D eigenvalue weighted by molar-refractivity contribution is -0.611. The van der Waals surface area contributed by atoms with Gasteiger partial charge in [-0.1, -0.05) is 30.3 Å². The third-order valence-electron chi connectivity index (χ3n) is 5.10. The molecule has 0 aromatic heterocycles. The number of benzene rings is 1. The van der Waals surface area contributed by atoms with Gasteiger partial charge in [-0.05, 0) is 5.56 Å². The zero-order valence-electron chi connectivity index (χ0n) is 15.7. The van der Waals surface area contributed by atoms with E-state index in [1.165, 1.54) is 30.3 Å². The van der Waals surface area contributed by atoms with Crippen molar-refractivity contribution in [1.82, 2.24) is 0 Å². The number of fused-ring (bicyclic) bond motifs is 1. The maximum Gasteiger partial charge on any atom is 0.471 e. The summed E-state index contributed by atoms with van der Waals surface area (Å²) in [6.07, 6.45) is -0.857. The molecule has 19 nitrogen and oxygen atoms in total. The summed E-state index contributed by atoms with van der Waals surface area (Å²) >= 11 is 0. The van der Waals surface area contributed by atoms with Crippen LogP contribution in [0.3, 0.4) is 0 Å². The van der Waals surface area contributed by atoms with E-state index in [0.29, 0.717) is 0 Å². The second-order valence-corrected chi connectivity index (χ2v) is 6.65. The third-order valence-corrected chi connectivity index (χ3v) is 5.10. The van der Waals surface area contributed by atoms with Crippen LogP contribution in [0.1, 0.15) is 5.56 Å². The van der Waals surface area contributed by atoms with Gasteiger partial charge in [-0.2, -0.15) is 0 Å². The third kappa shape index (κ3) is 2.94. The van der Waals surface area contributed by atoms with Crippen LogP contribution in [0.15, 0.2) is 53.1 Å². The van der Waals surface area contributed by atoms with Gasteiger partial charge in [0.05, 0.1) is 24.6 Å². The molecule has 1 aromatic rings. The Kier molecular flexibility index (Phi) is 5.05.